The maximum atomic E-state index is 13.6. The molecule has 94 valence electrons. The maximum absolute atomic E-state index is 13.6. The molecular weight excluding hydrogens is 217 g/mol. The fraction of sp³-hybridized carbons (Fsp3) is 0.571. The van der Waals surface area contributed by atoms with Crippen LogP contribution < -0.4 is 5.32 Å². The van der Waals surface area contributed by atoms with Gasteiger partial charge in [0.05, 0.1) is 17.4 Å². The third-order valence-corrected chi connectivity index (χ3v) is 3.20. The average Bonchev–Trinajstić information content (AvgIpc) is 2.57. The lowest BCUT2D eigenvalue weighted by atomic mass is 10.1. The van der Waals surface area contributed by atoms with E-state index in [9.17, 15) is 4.39 Å². The molecule has 1 fully saturated rings. The van der Waals surface area contributed by atoms with Gasteiger partial charge in [-0.1, -0.05) is 6.07 Å². The summed E-state index contributed by atoms with van der Waals surface area (Å²) in [6, 6.07) is 5.23. The molecule has 0 saturated carbocycles. The summed E-state index contributed by atoms with van der Waals surface area (Å²) in [6.45, 7) is 6.75. The predicted molar refractivity (Wildman–Crippen MR) is 67.8 cm³/mol. The molecule has 0 aromatic heterocycles. The van der Waals surface area contributed by atoms with Gasteiger partial charge in [0.25, 0.3) is 0 Å². The summed E-state index contributed by atoms with van der Waals surface area (Å²) in [5, 5.41) is 3.12. The molecule has 1 aliphatic rings. The van der Waals surface area contributed by atoms with E-state index >= 15 is 0 Å². The second-order valence-electron chi connectivity index (χ2n) is 5.40. The normalized spacial score (nSPS) is 22.7. The molecule has 1 atom stereocenters. The van der Waals surface area contributed by atoms with Crippen LogP contribution in [0, 0.1) is 12.7 Å². The maximum Gasteiger partial charge on any atom is 0.146 e. The largest absolute Gasteiger partial charge is 0.380 e. The molecule has 1 N–H and O–H groups in total. The number of hydrogen-bond donors (Lipinski definition) is 1. The molecule has 1 saturated heterocycles. The van der Waals surface area contributed by atoms with Crippen LogP contribution in [0.2, 0.25) is 0 Å². The van der Waals surface area contributed by atoms with Gasteiger partial charge >= 0.3 is 0 Å². The molecule has 1 aliphatic heterocycles. The van der Waals surface area contributed by atoms with Gasteiger partial charge in [0.15, 0.2) is 0 Å². The number of nitrogens with one attached hydrogen (secondary N) is 1. The smallest absolute Gasteiger partial charge is 0.146 e. The summed E-state index contributed by atoms with van der Waals surface area (Å²) in [6.07, 6.45) is 2.29. The molecule has 0 radical (unpaired) electrons. The number of anilines is 1. The Bertz CT molecular complexity index is 403. The highest BCUT2D eigenvalue weighted by atomic mass is 19.1. The van der Waals surface area contributed by atoms with E-state index in [0.717, 1.165) is 18.4 Å². The number of aryl methyl sites for hydroxylation is 1. The third kappa shape index (κ3) is 3.19. The monoisotopic (exact) mass is 237 g/mol. The van der Waals surface area contributed by atoms with Crippen LogP contribution >= 0.6 is 0 Å². The first kappa shape index (κ1) is 12.4. The quantitative estimate of drug-likeness (QED) is 0.868. The summed E-state index contributed by atoms with van der Waals surface area (Å²) in [4.78, 5) is 0. The van der Waals surface area contributed by atoms with Gasteiger partial charge in [-0.25, -0.2) is 4.39 Å². The van der Waals surface area contributed by atoms with Gasteiger partial charge in [0.2, 0.25) is 0 Å². The minimum Gasteiger partial charge on any atom is -0.380 e. The molecule has 0 aliphatic carbocycles. The highest BCUT2D eigenvalue weighted by Crippen LogP contribution is 2.29. The van der Waals surface area contributed by atoms with Crippen molar-refractivity contribution in [3.63, 3.8) is 0 Å². The first-order valence-corrected chi connectivity index (χ1v) is 6.14. The second-order valence-corrected chi connectivity index (χ2v) is 5.40. The first-order valence-electron chi connectivity index (χ1n) is 6.14. The Labute approximate surface area is 102 Å². The van der Waals surface area contributed by atoms with Gasteiger partial charge in [-0.05, 0) is 51.3 Å². The Morgan fingerprint density at radius 2 is 2.24 bits per heavy atom. The van der Waals surface area contributed by atoms with E-state index < -0.39 is 0 Å². The number of rotatable bonds is 3. The SMILES string of the molecule is Cc1ccc(NCC2CCC(C)(C)O2)c(F)c1. The van der Waals surface area contributed by atoms with Crippen molar-refractivity contribution in [2.75, 3.05) is 11.9 Å². The number of ether oxygens (including phenoxy) is 1. The van der Waals surface area contributed by atoms with E-state index in [1.165, 1.54) is 0 Å². The van der Waals surface area contributed by atoms with E-state index in [1.54, 1.807) is 12.1 Å². The van der Waals surface area contributed by atoms with Crippen molar-refractivity contribution >= 4 is 5.69 Å². The van der Waals surface area contributed by atoms with Crippen LogP contribution in [-0.2, 0) is 4.74 Å². The summed E-state index contributed by atoms with van der Waals surface area (Å²) < 4.78 is 19.4. The Morgan fingerprint density at radius 3 is 2.82 bits per heavy atom. The van der Waals surface area contributed by atoms with Crippen molar-refractivity contribution in [3.05, 3.63) is 29.6 Å². The Morgan fingerprint density at radius 1 is 1.47 bits per heavy atom. The average molecular weight is 237 g/mol. The van der Waals surface area contributed by atoms with Crippen LogP contribution in [0.4, 0.5) is 10.1 Å². The van der Waals surface area contributed by atoms with Crippen molar-refractivity contribution in [2.24, 2.45) is 0 Å². The van der Waals surface area contributed by atoms with Crippen LogP contribution in [0.3, 0.4) is 0 Å². The molecule has 1 aromatic rings. The molecule has 2 rings (SSSR count). The topological polar surface area (TPSA) is 21.3 Å². The Kier molecular flexibility index (Phi) is 3.38. The first-order chi connectivity index (χ1) is 7.96. The standard InChI is InChI=1S/C14H20FNO/c1-10-4-5-13(12(15)8-10)16-9-11-6-7-14(2,3)17-11/h4-5,8,11,16H,6-7,9H2,1-3H3. The van der Waals surface area contributed by atoms with Crippen molar-refractivity contribution in [3.8, 4) is 0 Å². The van der Waals surface area contributed by atoms with Gasteiger partial charge in [-0.2, -0.15) is 0 Å². The number of halogens is 1. The summed E-state index contributed by atoms with van der Waals surface area (Å²) in [5.74, 6) is -0.192. The van der Waals surface area contributed by atoms with E-state index in [0.29, 0.717) is 12.2 Å². The van der Waals surface area contributed by atoms with E-state index in [1.807, 2.05) is 13.0 Å². The molecular formula is C14H20FNO. The second kappa shape index (κ2) is 4.65. The molecule has 1 unspecified atom stereocenters. The predicted octanol–water partition coefficient (Wildman–Crippen LogP) is 3.50. The van der Waals surface area contributed by atoms with Gasteiger partial charge in [-0.3, -0.25) is 0 Å². The lowest BCUT2D eigenvalue weighted by Gasteiger charge is -2.20. The molecule has 17 heavy (non-hydrogen) atoms. The highest BCUT2D eigenvalue weighted by Gasteiger charge is 2.31. The minimum absolute atomic E-state index is 0.0296. The summed E-state index contributed by atoms with van der Waals surface area (Å²) in [7, 11) is 0. The van der Waals surface area contributed by atoms with Gasteiger partial charge < -0.3 is 10.1 Å². The van der Waals surface area contributed by atoms with Gasteiger partial charge in [0.1, 0.15) is 5.82 Å². The number of hydrogen-bond acceptors (Lipinski definition) is 2. The third-order valence-electron chi connectivity index (χ3n) is 3.20. The van der Waals surface area contributed by atoms with Crippen LogP contribution in [0.15, 0.2) is 18.2 Å². The van der Waals surface area contributed by atoms with Gasteiger partial charge in [0, 0.05) is 6.54 Å². The van der Waals surface area contributed by atoms with Crippen LogP contribution in [0.5, 0.6) is 0 Å². The molecule has 1 aromatic carbocycles. The summed E-state index contributed by atoms with van der Waals surface area (Å²) in [5.41, 5.74) is 1.47. The molecule has 0 bridgehead atoms. The fourth-order valence-electron chi connectivity index (χ4n) is 2.21. The molecule has 3 heteroatoms. The molecule has 0 spiro atoms. The van der Waals surface area contributed by atoms with Crippen LogP contribution in [0.25, 0.3) is 0 Å². The van der Waals surface area contributed by atoms with Crippen molar-refractivity contribution in [1.29, 1.82) is 0 Å². The molecule has 1 heterocycles. The Balaban J connectivity index is 1.90. The molecule has 0 amide bonds. The van der Waals surface area contributed by atoms with Crippen LogP contribution in [0.1, 0.15) is 32.3 Å². The van der Waals surface area contributed by atoms with Crippen LogP contribution in [-0.4, -0.2) is 18.2 Å². The Hall–Kier alpha value is -1.09. The van der Waals surface area contributed by atoms with Gasteiger partial charge in [-0.15, -0.1) is 0 Å². The van der Waals surface area contributed by atoms with E-state index in [-0.39, 0.29) is 17.5 Å². The van der Waals surface area contributed by atoms with Crippen molar-refractivity contribution < 1.29 is 9.13 Å². The lowest BCUT2D eigenvalue weighted by Crippen LogP contribution is -2.25. The number of benzene rings is 1. The fourth-order valence-corrected chi connectivity index (χ4v) is 2.21. The van der Waals surface area contributed by atoms with E-state index in [2.05, 4.69) is 19.2 Å². The zero-order chi connectivity index (χ0) is 12.5. The van der Waals surface area contributed by atoms with Crippen molar-refractivity contribution in [1.82, 2.24) is 0 Å². The summed E-state index contributed by atoms with van der Waals surface area (Å²) >= 11 is 0. The zero-order valence-corrected chi connectivity index (χ0v) is 10.7. The zero-order valence-electron chi connectivity index (χ0n) is 10.7. The van der Waals surface area contributed by atoms with Crippen molar-refractivity contribution in [2.45, 2.75) is 45.3 Å². The highest BCUT2D eigenvalue weighted by molar-refractivity contribution is 5.46. The lowest BCUT2D eigenvalue weighted by molar-refractivity contribution is -0.00912. The molecule has 2 nitrogen and oxygen atoms in total. The minimum atomic E-state index is -0.192. The van der Waals surface area contributed by atoms with E-state index in [4.69, 9.17) is 4.74 Å².